The van der Waals surface area contributed by atoms with Crippen LogP contribution in [-0.2, 0) is 9.59 Å². The van der Waals surface area contributed by atoms with Crippen molar-refractivity contribution in [1.29, 1.82) is 0 Å². The number of nitrogens with zero attached hydrogens (tertiary/aromatic N) is 1. The van der Waals surface area contributed by atoms with E-state index < -0.39 is 16.7 Å². The molecule has 2 rings (SSSR count). The minimum Gasteiger partial charge on any atom is -0.316 e. The summed E-state index contributed by atoms with van der Waals surface area (Å²) in [5.74, 6) is -2.00. The van der Waals surface area contributed by atoms with Crippen molar-refractivity contribution in [1.82, 2.24) is 0 Å². The highest BCUT2D eigenvalue weighted by atomic mass is 35.5. The first-order chi connectivity index (χ1) is 11.3. The second-order valence-corrected chi connectivity index (χ2v) is 5.53. The molecule has 0 aromatic heterocycles. The number of nitro benzene ring substituents is 1. The van der Waals surface area contributed by atoms with Gasteiger partial charge in [-0.2, -0.15) is 0 Å². The predicted molar refractivity (Wildman–Crippen MR) is 91.3 cm³/mol. The molecule has 24 heavy (non-hydrogen) atoms. The number of hydrogen-bond acceptors (Lipinski definition) is 4. The van der Waals surface area contributed by atoms with Crippen LogP contribution in [0, 0.1) is 24.0 Å². The van der Waals surface area contributed by atoms with E-state index in [1.54, 1.807) is 19.1 Å². The molecule has 2 N–H and O–H groups in total. The van der Waals surface area contributed by atoms with Gasteiger partial charge >= 0.3 is 11.8 Å². The molecule has 2 aromatic carbocycles. The number of nitrogens with one attached hydrogen (secondary N) is 2. The second kappa shape index (κ2) is 7.10. The van der Waals surface area contributed by atoms with Crippen LogP contribution < -0.4 is 10.6 Å². The third-order valence-electron chi connectivity index (χ3n) is 3.23. The molecule has 2 aromatic rings. The molecule has 0 aliphatic rings. The zero-order valence-electron chi connectivity index (χ0n) is 12.9. The fourth-order valence-electron chi connectivity index (χ4n) is 2.16. The molecule has 0 heterocycles. The van der Waals surface area contributed by atoms with Crippen molar-refractivity contribution in [3.63, 3.8) is 0 Å². The summed E-state index contributed by atoms with van der Waals surface area (Å²) in [6.07, 6.45) is 0. The van der Waals surface area contributed by atoms with Gasteiger partial charge in [-0.25, -0.2) is 0 Å². The maximum absolute atomic E-state index is 12.0. The third kappa shape index (κ3) is 3.88. The van der Waals surface area contributed by atoms with E-state index in [0.29, 0.717) is 16.3 Å². The largest absolute Gasteiger partial charge is 0.316 e. The quantitative estimate of drug-likeness (QED) is 0.504. The topological polar surface area (TPSA) is 101 Å². The highest BCUT2D eigenvalue weighted by Crippen LogP contribution is 2.27. The van der Waals surface area contributed by atoms with Gasteiger partial charge in [0.05, 0.1) is 15.6 Å². The number of para-hydroxylation sites is 2. The lowest BCUT2D eigenvalue weighted by Crippen LogP contribution is -2.29. The molecule has 0 bridgehead atoms. The molecule has 0 fully saturated rings. The summed E-state index contributed by atoms with van der Waals surface area (Å²) in [6.45, 7) is 3.60. The molecule has 0 aliphatic carbocycles. The normalized spacial score (nSPS) is 10.1. The highest BCUT2D eigenvalue weighted by Gasteiger charge is 2.20. The van der Waals surface area contributed by atoms with Crippen LogP contribution in [0.5, 0.6) is 0 Å². The Morgan fingerprint density at radius 3 is 2.33 bits per heavy atom. The van der Waals surface area contributed by atoms with Crippen LogP contribution >= 0.6 is 11.6 Å². The van der Waals surface area contributed by atoms with Gasteiger partial charge in [-0.05, 0) is 37.1 Å². The predicted octanol–water partition coefficient (Wildman–Crippen LogP) is 3.44. The standard InChI is InChI=1S/C16H14ClN3O4/c1-9-7-10(2)14(11(17)8-9)19-16(22)15(21)18-12-5-3-4-6-13(12)20(23)24/h3-8H,1-2H3,(H,18,21)(H,19,22). The smallest absolute Gasteiger partial charge is 0.314 e. The Labute approximate surface area is 142 Å². The number of benzene rings is 2. The summed E-state index contributed by atoms with van der Waals surface area (Å²) in [5, 5.41) is 15.9. The summed E-state index contributed by atoms with van der Waals surface area (Å²) >= 11 is 6.07. The van der Waals surface area contributed by atoms with E-state index in [2.05, 4.69) is 10.6 Å². The minimum atomic E-state index is -1.03. The second-order valence-electron chi connectivity index (χ2n) is 5.12. The van der Waals surface area contributed by atoms with Crippen molar-refractivity contribution in [2.24, 2.45) is 0 Å². The van der Waals surface area contributed by atoms with Gasteiger partial charge in [0.15, 0.2) is 0 Å². The van der Waals surface area contributed by atoms with Crippen LogP contribution in [0.25, 0.3) is 0 Å². The molecule has 124 valence electrons. The Kier molecular flexibility index (Phi) is 5.15. The maximum atomic E-state index is 12.0. The molecule has 0 saturated heterocycles. The monoisotopic (exact) mass is 347 g/mol. The molecule has 7 nitrogen and oxygen atoms in total. The Balaban J connectivity index is 2.17. The highest BCUT2D eigenvalue weighted by molar-refractivity contribution is 6.45. The van der Waals surface area contributed by atoms with Crippen molar-refractivity contribution >= 4 is 40.5 Å². The van der Waals surface area contributed by atoms with Crippen molar-refractivity contribution in [3.8, 4) is 0 Å². The number of aryl methyl sites for hydroxylation is 2. The van der Waals surface area contributed by atoms with E-state index in [1.165, 1.54) is 24.3 Å². The van der Waals surface area contributed by atoms with E-state index in [0.717, 1.165) is 5.56 Å². The van der Waals surface area contributed by atoms with Crippen molar-refractivity contribution in [2.75, 3.05) is 10.6 Å². The Bertz CT molecular complexity index is 813. The van der Waals surface area contributed by atoms with Gasteiger partial charge in [0.2, 0.25) is 0 Å². The number of hydrogen-bond donors (Lipinski definition) is 2. The van der Waals surface area contributed by atoms with E-state index >= 15 is 0 Å². The third-order valence-corrected chi connectivity index (χ3v) is 3.52. The zero-order chi connectivity index (χ0) is 17.9. The summed E-state index contributed by atoms with van der Waals surface area (Å²) < 4.78 is 0. The van der Waals surface area contributed by atoms with Crippen LogP contribution in [-0.4, -0.2) is 16.7 Å². The van der Waals surface area contributed by atoms with E-state index in [-0.39, 0.29) is 11.4 Å². The first-order valence-electron chi connectivity index (χ1n) is 6.92. The number of nitro groups is 1. The summed E-state index contributed by atoms with van der Waals surface area (Å²) in [5.41, 5.74) is 1.58. The van der Waals surface area contributed by atoms with Crippen LogP contribution in [0.3, 0.4) is 0 Å². The molecule has 0 saturated carbocycles. The number of carbonyl (C=O) groups excluding carboxylic acids is 2. The van der Waals surface area contributed by atoms with E-state index in [9.17, 15) is 19.7 Å². The first-order valence-corrected chi connectivity index (χ1v) is 7.30. The molecule has 0 spiro atoms. The van der Waals surface area contributed by atoms with Crippen LogP contribution in [0.15, 0.2) is 36.4 Å². The van der Waals surface area contributed by atoms with Crippen molar-refractivity contribution < 1.29 is 14.5 Å². The van der Waals surface area contributed by atoms with Gasteiger partial charge < -0.3 is 10.6 Å². The molecule has 0 aliphatic heterocycles. The maximum Gasteiger partial charge on any atom is 0.314 e. The lowest BCUT2D eigenvalue weighted by atomic mass is 10.1. The number of anilines is 2. The zero-order valence-corrected chi connectivity index (χ0v) is 13.7. The van der Waals surface area contributed by atoms with Gasteiger partial charge in [-0.15, -0.1) is 0 Å². The van der Waals surface area contributed by atoms with Crippen LogP contribution in [0.4, 0.5) is 17.1 Å². The van der Waals surface area contributed by atoms with Crippen LogP contribution in [0.1, 0.15) is 11.1 Å². The van der Waals surface area contributed by atoms with E-state index in [4.69, 9.17) is 11.6 Å². The Hall–Kier alpha value is -2.93. The molecular weight excluding hydrogens is 334 g/mol. The lowest BCUT2D eigenvalue weighted by Gasteiger charge is -2.11. The summed E-state index contributed by atoms with van der Waals surface area (Å²) in [7, 11) is 0. The van der Waals surface area contributed by atoms with Crippen LogP contribution in [0.2, 0.25) is 5.02 Å². The fourth-order valence-corrected chi connectivity index (χ4v) is 2.53. The SMILES string of the molecule is Cc1cc(C)c(NC(=O)C(=O)Nc2ccccc2[N+](=O)[O-])c(Cl)c1. The molecule has 0 unspecified atom stereocenters. The van der Waals surface area contributed by atoms with E-state index in [1.807, 2.05) is 6.92 Å². The number of rotatable bonds is 3. The van der Waals surface area contributed by atoms with Gasteiger partial charge in [0, 0.05) is 6.07 Å². The summed E-state index contributed by atoms with van der Waals surface area (Å²) in [6, 6.07) is 9.01. The Morgan fingerprint density at radius 1 is 1.08 bits per heavy atom. The number of amides is 2. The molecular formula is C16H14ClN3O4. The van der Waals surface area contributed by atoms with Gasteiger partial charge in [-0.1, -0.05) is 29.8 Å². The first kappa shape index (κ1) is 17.4. The van der Waals surface area contributed by atoms with Gasteiger partial charge in [0.1, 0.15) is 5.69 Å². The summed E-state index contributed by atoms with van der Waals surface area (Å²) in [4.78, 5) is 34.3. The van der Waals surface area contributed by atoms with Gasteiger partial charge in [-0.3, -0.25) is 19.7 Å². The molecule has 0 radical (unpaired) electrons. The number of halogens is 1. The average Bonchev–Trinajstić information content (AvgIpc) is 2.50. The molecule has 8 heteroatoms. The average molecular weight is 348 g/mol. The molecule has 0 atom stereocenters. The Morgan fingerprint density at radius 2 is 1.71 bits per heavy atom. The van der Waals surface area contributed by atoms with Crippen molar-refractivity contribution in [2.45, 2.75) is 13.8 Å². The van der Waals surface area contributed by atoms with Crippen molar-refractivity contribution in [3.05, 3.63) is 62.7 Å². The minimum absolute atomic E-state index is 0.0608. The fraction of sp³-hybridized carbons (Fsp3) is 0.125. The molecule has 2 amide bonds. The van der Waals surface area contributed by atoms with Gasteiger partial charge in [0.25, 0.3) is 5.69 Å². The lowest BCUT2D eigenvalue weighted by molar-refractivity contribution is -0.383. The number of carbonyl (C=O) groups is 2.